The van der Waals surface area contributed by atoms with Crippen LogP contribution in [0.1, 0.15) is 29.6 Å². The number of nitrogens with two attached hydrogens (primary N) is 1. The van der Waals surface area contributed by atoms with Crippen LogP contribution in [0.2, 0.25) is 0 Å². The molecule has 1 aliphatic heterocycles. The number of primary amides is 1. The predicted octanol–water partition coefficient (Wildman–Crippen LogP) is 1.45. The number of piperidine rings is 1. The van der Waals surface area contributed by atoms with E-state index in [-0.39, 0.29) is 30.7 Å². The predicted molar refractivity (Wildman–Crippen MR) is 109 cm³/mol. The minimum Gasteiger partial charge on any atom is -0.493 e. The first-order valence-corrected chi connectivity index (χ1v) is 9.11. The molecule has 9 heteroatoms. The van der Waals surface area contributed by atoms with Crippen LogP contribution < -0.4 is 25.3 Å². The Balaban J connectivity index is 0.00000392. The number of carbonyl (C=O) groups is 2. The highest BCUT2D eigenvalue weighted by Crippen LogP contribution is 2.39. The minimum atomic E-state index is -0.611. The van der Waals surface area contributed by atoms with Crippen molar-refractivity contribution in [3.8, 4) is 17.2 Å². The first-order chi connectivity index (χ1) is 13.0. The second kappa shape index (κ2) is 11.6. The number of likely N-dealkylation sites (tertiary alicyclic amines) is 1. The van der Waals surface area contributed by atoms with Crippen LogP contribution in [0.3, 0.4) is 0 Å². The van der Waals surface area contributed by atoms with Gasteiger partial charge in [0.05, 0.1) is 14.2 Å². The lowest BCUT2D eigenvalue weighted by Crippen LogP contribution is -2.39. The number of carbonyl (C=O) groups excluding carboxylic acids is 2. The third-order valence-electron chi connectivity index (χ3n) is 4.77. The number of hydrogen-bond donors (Lipinski definition) is 2. The van der Waals surface area contributed by atoms with Crippen LogP contribution in [0.25, 0.3) is 0 Å². The van der Waals surface area contributed by atoms with Gasteiger partial charge in [-0.2, -0.15) is 0 Å². The second-order valence-corrected chi connectivity index (χ2v) is 6.59. The third-order valence-corrected chi connectivity index (χ3v) is 4.77. The molecule has 1 aliphatic rings. The van der Waals surface area contributed by atoms with Gasteiger partial charge >= 0.3 is 0 Å². The number of rotatable bonds is 9. The van der Waals surface area contributed by atoms with E-state index in [1.807, 2.05) is 11.9 Å². The Labute approximate surface area is 172 Å². The highest BCUT2D eigenvalue weighted by molar-refractivity contribution is 5.95. The molecule has 0 aromatic heterocycles. The molecule has 0 bridgehead atoms. The molecular weight excluding hydrogens is 386 g/mol. The summed E-state index contributed by atoms with van der Waals surface area (Å²) in [4.78, 5) is 25.8. The highest BCUT2D eigenvalue weighted by Gasteiger charge is 2.25. The lowest BCUT2D eigenvalue weighted by molar-refractivity contribution is -0.120. The normalized spacial score (nSPS) is 14.2. The summed E-state index contributed by atoms with van der Waals surface area (Å²) in [5.41, 5.74) is 5.59. The van der Waals surface area contributed by atoms with E-state index < -0.39 is 5.91 Å². The Morgan fingerprint density at radius 3 is 2.21 bits per heavy atom. The molecule has 0 atom stereocenters. The van der Waals surface area contributed by atoms with Crippen molar-refractivity contribution in [1.82, 2.24) is 10.2 Å². The van der Waals surface area contributed by atoms with Crippen molar-refractivity contribution in [1.29, 1.82) is 0 Å². The van der Waals surface area contributed by atoms with E-state index in [9.17, 15) is 9.59 Å². The molecule has 8 nitrogen and oxygen atoms in total. The summed E-state index contributed by atoms with van der Waals surface area (Å²) >= 11 is 0. The zero-order valence-electron chi connectivity index (χ0n) is 16.7. The Morgan fingerprint density at radius 1 is 1.18 bits per heavy atom. The van der Waals surface area contributed by atoms with Gasteiger partial charge in [-0.25, -0.2) is 0 Å². The van der Waals surface area contributed by atoms with Crippen LogP contribution in [0.4, 0.5) is 0 Å². The molecule has 1 heterocycles. The number of amides is 2. The van der Waals surface area contributed by atoms with Gasteiger partial charge in [0.25, 0.3) is 11.8 Å². The van der Waals surface area contributed by atoms with Crippen LogP contribution in [0.15, 0.2) is 12.1 Å². The quantitative estimate of drug-likeness (QED) is 0.632. The lowest BCUT2D eigenvalue weighted by atomic mass is 9.93. The molecule has 1 aromatic carbocycles. The average Bonchev–Trinajstić information content (AvgIpc) is 2.69. The van der Waals surface area contributed by atoms with Gasteiger partial charge in [-0.15, -0.1) is 12.4 Å². The van der Waals surface area contributed by atoms with Gasteiger partial charge in [0.2, 0.25) is 5.75 Å². The molecule has 2 rings (SSSR count). The fraction of sp³-hybridized carbons (Fsp3) is 0.579. The number of nitrogens with zero attached hydrogens (tertiary/aromatic N) is 1. The number of benzene rings is 1. The Kier molecular flexibility index (Phi) is 9.89. The monoisotopic (exact) mass is 415 g/mol. The summed E-state index contributed by atoms with van der Waals surface area (Å²) in [6, 6.07) is 3.21. The number of ether oxygens (including phenoxy) is 3. The van der Waals surface area contributed by atoms with Crippen LogP contribution in [-0.4, -0.2) is 64.2 Å². The molecule has 158 valence electrons. The van der Waals surface area contributed by atoms with E-state index in [0.29, 0.717) is 23.0 Å². The zero-order valence-corrected chi connectivity index (χ0v) is 17.5. The van der Waals surface area contributed by atoms with E-state index >= 15 is 0 Å². The van der Waals surface area contributed by atoms with E-state index in [0.717, 1.165) is 38.9 Å². The van der Waals surface area contributed by atoms with Crippen molar-refractivity contribution in [2.45, 2.75) is 19.3 Å². The second-order valence-electron chi connectivity index (χ2n) is 6.59. The Hall–Kier alpha value is -2.19. The number of halogens is 1. The average molecular weight is 416 g/mol. The Bertz CT molecular complexity index is 638. The molecule has 1 aromatic rings. The van der Waals surface area contributed by atoms with Gasteiger partial charge in [0, 0.05) is 18.7 Å². The Morgan fingerprint density at radius 2 is 1.75 bits per heavy atom. The molecule has 0 aliphatic carbocycles. The van der Waals surface area contributed by atoms with E-state index in [1.165, 1.54) is 14.2 Å². The van der Waals surface area contributed by atoms with Crippen molar-refractivity contribution in [2.24, 2.45) is 11.7 Å². The maximum atomic E-state index is 12.9. The standard InChI is InChI=1S/C19H29N3O5.ClH/c1-21-7-4-13-5-8-22(9-6-13)19(24)14-10-15(25-2)18(16(11-14)26-3)27-12-17(20)23;/h10-11,13,21H,4-9,12H2,1-3H3,(H2,20,23);1H. The fourth-order valence-electron chi connectivity index (χ4n) is 3.24. The van der Waals surface area contributed by atoms with Gasteiger partial charge in [0.15, 0.2) is 18.1 Å². The van der Waals surface area contributed by atoms with Crippen molar-refractivity contribution in [3.05, 3.63) is 17.7 Å². The van der Waals surface area contributed by atoms with E-state index in [4.69, 9.17) is 19.9 Å². The van der Waals surface area contributed by atoms with Crippen LogP contribution in [0, 0.1) is 5.92 Å². The number of nitrogens with one attached hydrogen (secondary N) is 1. The summed E-state index contributed by atoms with van der Waals surface area (Å²) in [5, 5.41) is 3.17. The van der Waals surface area contributed by atoms with E-state index in [1.54, 1.807) is 12.1 Å². The van der Waals surface area contributed by atoms with Gasteiger partial charge in [-0.05, 0) is 50.9 Å². The zero-order chi connectivity index (χ0) is 19.8. The van der Waals surface area contributed by atoms with Crippen LogP contribution in [0.5, 0.6) is 17.2 Å². The van der Waals surface area contributed by atoms with Gasteiger partial charge in [-0.1, -0.05) is 0 Å². The smallest absolute Gasteiger partial charge is 0.255 e. The lowest BCUT2D eigenvalue weighted by Gasteiger charge is -2.32. The maximum Gasteiger partial charge on any atom is 0.255 e. The molecule has 3 N–H and O–H groups in total. The summed E-state index contributed by atoms with van der Waals surface area (Å²) in [5.74, 6) is 0.863. The highest BCUT2D eigenvalue weighted by atomic mass is 35.5. The summed E-state index contributed by atoms with van der Waals surface area (Å²) in [6.45, 7) is 2.16. The molecule has 0 unspecified atom stereocenters. The summed E-state index contributed by atoms with van der Waals surface area (Å²) in [6.07, 6.45) is 3.13. The fourth-order valence-corrected chi connectivity index (χ4v) is 3.24. The largest absolute Gasteiger partial charge is 0.493 e. The SMILES string of the molecule is CNCCC1CCN(C(=O)c2cc(OC)c(OCC(N)=O)c(OC)c2)CC1.Cl. The van der Waals surface area contributed by atoms with Crippen molar-refractivity contribution in [2.75, 3.05) is 47.5 Å². The molecular formula is C19H30ClN3O5. The summed E-state index contributed by atoms with van der Waals surface area (Å²) in [7, 11) is 4.89. The van der Waals surface area contributed by atoms with Gasteiger partial charge in [0.1, 0.15) is 0 Å². The molecule has 1 saturated heterocycles. The number of methoxy groups -OCH3 is 2. The van der Waals surface area contributed by atoms with Gasteiger partial charge < -0.3 is 30.2 Å². The number of hydrogen-bond acceptors (Lipinski definition) is 6. The first-order valence-electron chi connectivity index (χ1n) is 9.11. The minimum absolute atomic E-state index is 0. The third kappa shape index (κ3) is 6.17. The van der Waals surface area contributed by atoms with Gasteiger partial charge in [-0.3, -0.25) is 9.59 Å². The van der Waals surface area contributed by atoms with Crippen LogP contribution in [-0.2, 0) is 4.79 Å². The molecule has 0 spiro atoms. The molecule has 0 saturated carbocycles. The van der Waals surface area contributed by atoms with Crippen molar-refractivity contribution >= 4 is 24.2 Å². The van der Waals surface area contributed by atoms with Crippen molar-refractivity contribution in [3.63, 3.8) is 0 Å². The topological polar surface area (TPSA) is 103 Å². The molecule has 28 heavy (non-hydrogen) atoms. The molecule has 2 amide bonds. The van der Waals surface area contributed by atoms with E-state index in [2.05, 4.69) is 5.32 Å². The molecule has 1 fully saturated rings. The van der Waals surface area contributed by atoms with Crippen molar-refractivity contribution < 1.29 is 23.8 Å². The first kappa shape index (κ1) is 23.8. The maximum absolute atomic E-state index is 12.9. The molecule has 0 radical (unpaired) electrons. The summed E-state index contributed by atoms with van der Waals surface area (Å²) < 4.78 is 16.0. The van der Waals surface area contributed by atoms with Crippen LogP contribution >= 0.6 is 12.4 Å².